The van der Waals surface area contributed by atoms with Gasteiger partial charge in [0.1, 0.15) is 0 Å². The van der Waals surface area contributed by atoms with Gasteiger partial charge in [-0.05, 0) is 55.7 Å². The molecule has 1 atom stereocenters. The SMILES string of the molecule is CCN1C[C@@H](c2ccccc2)CC2(CCN(C(=O)c3cc[nH]c3C)CC2)C1. The van der Waals surface area contributed by atoms with E-state index in [4.69, 9.17) is 0 Å². The molecule has 27 heavy (non-hydrogen) atoms. The van der Waals surface area contributed by atoms with Gasteiger partial charge < -0.3 is 14.8 Å². The molecule has 0 aliphatic carbocycles. The van der Waals surface area contributed by atoms with Crippen molar-refractivity contribution < 1.29 is 4.79 Å². The first-order chi connectivity index (χ1) is 13.1. The first-order valence-electron chi connectivity index (χ1n) is 10.3. The number of amides is 1. The number of carbonyl (C=O) groups is 1. The van der Waals surface area contributed by atoms with Crippen molar-refractivity contribution in [2.75, 3.05) is 32.7 Å². The molecule has 1 aromatic heterocycles. The van der Waals surface area contributed by atoms with E-state index in [2.05, 4.69) is 52.0 Å². The number of benzene rings is 1. The van der Waals surface area contributed by atoms with Crippen LogP contribution in [0.15, 0.2) is 42.6 Å². The fourth-order valence-electron chi connectivity index (χ4n) is 5.09. The van der Waals surface area contributed by atoms with Gasteiger partial charge in [0.05, 0.1) is 5.56 Å². The average Bonchev–Trinajstić information content (AvgIpc) is 3.14. The smallest absolute Gasteiger partial charge is 0.255 e. The van der Waals surface area contributed by atoms with Crippen molar-refractivity contribution in [3.05, 3.63) is 59.4 Å². The minimum atomic E-state index is 0.186. The quantitative estimate of drug-likeness (QED) is 0.891. The van der Waals surface area contributed by atoms with Crippen LogP contribution in [0.4, 0.5) is 0 Å². The summed E-state index contributed by atoms with van der Waals surface area (Å²) in [5, 5.41) is 0. The predicted molar refractivity (Wildman–Crippen MR) is 109 cm³/mol. The summed E-state index contributed by atoms with van der Waals surface area (Å²) in [4.78, 5) is 20.7. The van der Waals surface area contributed by atoms with Crippen LogP contribution in [0.2, 0.25) is 0 Å². The number of likely N-dealkylation sites (N-methyl/N-ethyl adjacent to an activating group) is 1. The zero-order chi connectivity index (χ0) is 18.9. The lowest BCUT2D eigenvalue weighted by molar-refractivity contribution is 0.0158. The van der Waals surface area contributed by atoms with Crippen molar-refractivity contribution in [3.8, 4) is 0 Å². The number of rotatable bonds is 3. The number of H-pyrrole nitrogens is 1. The topological polar surface area (TPSA) is 39.3 Å². The predicted octanol–water partition coefficient (Wildman–Crippen LogP) is 4.05. The third-order valence-electron chi connectivity index (χ3n) is 6.73. The molecule has 2 aliphatic rings. The van der Waals surface area contributed by atoms with Crippen molar-refractivity contribution in [2.45, 2.75) is 39.0 Å². The first kappa shape index (κ1) is 18.3. The number of aromatic amines is 1. The van der Waals surface area contributed by atoms with Crippen LogP contribution < -0.4 is 0 Å². The number of hydrogen-bond donors (Lipinski definition) is 1. The van der Waals surface area contributed by atoms with Gasteiger partial charge in [-0.2, -0.15) is 0 Å². The van der Waals surface area contributed by atoms with Crippen molar-refractivity contribution in [2.24, 2.45) is 5.41 Å². The fourth-order valence-corrected chi connectivity index (χ4v) is 5.09. The van der Waals surface area contributed by atoms with E-state index < -0.39 is 0 Å². The second kappa shape index (κ2) is 7.51. The Morgan fingerprint density at radius 3 is 2.56 bits per heavy atom. The molecule has 1 N–H and O–H groups in total. The Morgan fingerprint density at radius 2 is 1.93 bits per heavy atom. The lowest BCUT2D eigenvalue weighted by atomic mass is 9.68. The van der Waals surface area contributed by atoms with Gasteiger partial charge in [-0.3, -0.25) is 4.79 Å². The highest BCUT2D eigenvalue weighted by Crippen LogP contribution is 2.45. The molecule has 0 saturated carbocycles. The number of hydrogen-bond acceptors (Lipinski definition) is 2. The molecule has 2 aliphatic heterocycles. The lowest BCUT2D eigenvalue weighted by Gasteiger charge is -2.50. The molecule has 4 heteroatoms. The van der Waals surface area contributed by atoms with Crippen LogP contribution in [0.3, 0.4) is 0 Å². The maximum atomic E-state index is 12.9. The maximum absolute atomic E-state index is 12.9. The Bertz CT molecular complexity index is 774. The Morgan fingerprint density at radius 1 is 1.19 bits per heavy atom. The summed E-state index contributed by atoms with van der Waals surface area (Å²) in [5.74, 6) is 0.792. The number of carbonyl (C=O) groups excluding carboxylic acids is 1. The molecule has 4 nitrogen and oxygen atoms in total. The third kappa shape index (κ3) is 3.68. The van der Waals surface area contributed by atoms with Gasteiger partial charge in [-0.15, -0.1) is 0 Å². The Balaban J connectivity index is 1.47. The van der Waals surface area contributed by atoms with Crippen LogP contribution in [-0.2, 0) is 0 Å². The van der Waals surface area contributed by atoms with E-state index in [0.29, 0.717) is 11.3 Å². The van der Waals surface area contributed by atoms with E-state index in [9.17, 15) is 4.79 Å². The van der Waals surface area contributed by atoms with Gasteiger partial charge in [0.2, 0.25) is 0 Å². The highest BCUT2D eigenvalue weighted by molar-refractivity contribution is 5.95. The molecule has 3 heterocycles. The van der Waals surface area contributed by atoms with E-state index in [1.807, 2.05) is 19.2 Å². The molecular weight excluding hydrogens is 334 g/mol. The van der Waals surface area contributed by atoms with Crippen molar-refractivity contribution in [3.63, 3.8) is 0 Å². The van der Waals surface area contributed by atoms with Crippen molar-refractivity contribution in [1.82, 2.24) is 14.8 Å². The molecule has 2 fully saturated rings. The Kier molecular flexibility index (Phi) is 5.09. The summed E-state index contributed by atoms with van der Waals surface area (Å²) >= 11 is 0. The molecule has 0 radical (unpaired) electrons. The van der Waals surface area contributed by atoms with Gasteiger partial charge in [-0.25, -0.2) is 0 Å². The molecule has 1 aromatic carbocycles. The van der Waals surface area contributed by atoms with Crippen LogP contribution in [0, 0.1) is 12.3 Å². The summed E-state index contributed by atoms with van der Waals surface area (Å²) in [6.45, 7) is 9.45. The Labute approximate surface area is 162 Å². The first-order valence-corrected chi connectivity index (χ1v) is 10.3. The van der Waals surface area contributed by atoms with Gasteiger partial charge in [0.15, 0.2) is 0 Å². The number of nitrogens with zero attached hydrogens (tertiary/aromatic N) is 2. The van der Waals surface area contributed by atoms with E-state index >= 15 is 0 Å². The summed E-state index contributed by atoms with van der Waals surface area (Å²) in [7, 11) is 0. The van der Waals surface area contributed by atoms with Crippen LogP contribution in [0.5, 0.6) is 0 Å². The van der Waals surface area contributed by atoms with Gasteiger partial charge >= 0.3 is 0 Å². The molecule has 1 amide bonds. The summed E-state index contributed by atoms with van der Waals surface area (Å²) in [6.07, 6.45) is 5.33. The molecule has 0 unspecified atom stereocenters. The van der Waals surface area contributed by atoms with E-state index in [0.717, 1.165) is 50.3 Å². The highest BCUT2D eigenvalue weighted by Gasteiger charge is 2.42. The molecule has 0 bridgehead atoms. The molecule has 1 spiro atoms. The molecule has 2 aromatic rings. The van der Waals surface area contributed by atoms with E-state index in [1.165, 1.54) is 18.5 Å². The van der Waals surface area contributed by atoms with Crippen LogP contribution in [0.1, 0.15) is 53.7 Å². The monoisotopic (exact) mass is 365 g/mol. The maximum Gasteiger partial charge on any atom is 0.255 e. The van der Waals surface area contributed by atoms with Gasteiger partial charge in [0.25, 0.3) is 5.91 Å². The molecule has 4 rings (SSSR count). The van der Waals surface area contributed by atoms with Gasteiger partial charge in [0, 0.05) is 38.1 Å². The number of piperidine rings is 2. The zero-order valence-corrected chi connectivity index (χ0v) is 16.6. The second-order valence-corrected chi connectivity index (χ2v) is 8.45. The summed E-state index contributed by atoms with van der Waals surface area (Å²) in [6, 6.07) is 12.9. The van der Waals surface area contributed by atoms with Crippen LogP contribution in [0.25, 0.3) is 0 Å². The number of aryl methyl sites for hydroxylation is 1. The minimum absolute atomic E-state index is 0.186. The standard InChI is InChI=1S/C23H31N3O/c1-3-25-16-20(19-7-5-4-6-8-19)15-23(17-25)10-13-26(14-11-23)22(27)21-9-12-24-18(21)2/h4-9,12,20,24H,3,10-11,13-17H2,1-2H3/t20-/m0/s1. The zero-order valence-electron chi connectivity index (χ0n) is 16.6. The second-order valence-electron chi connectivity index (χ2n) is 8.45. The largest absolute Gasteiger partial charge is 0.365 e. The van der Waals surface area contributed by atoms with Crippen LogP contribution >= 0.6 is 0 Å². The van der Waals surface area contributed by atoms with Crippen LogP contribution in [-0.4, -0.2) is 53.4 Å². The minimum Gasteiger partial charge on any atom is -0.365 e. The number of likely N-dealkylation sites (tertiary alicyclic amines) is 2. The summed E-state index contributed by atoms with van der Waals surface area (Å²) in [5.41, 5.74) is 3.61. The normalized spacial score (nSPS) is 22.9. The average molecular weight is 366 g/mol. The van der Waals surface area contributed by atoms with E-state index in [-0.39, 0.29) is 5.91 Å². The van der Waals surface area contributed by atoms with Crippen molar-refractivity contribution in [1.29, 1.82) is 0 Å². The van der Waals surface area contributed by atoms with Gasteiger partial charge in [-0.1, -0.05) is 37.3 Å². The fraction of sp³-hybridized carbons (Fsp3) is 0.522. The number of aromatic nitrogens is 1. The molecule has 144 valence electrons. The van der Waals surface area contributed by atoms with Crippen molar-refractivity contribution >= 4 is 5.91 Å². The molecular formula is C23H31N3O. The highest BCUT2D eigenvalue weighted by atomic mass is 16.2. The Hall–Kier alpha value is -2.07. The lowest BCUT2D eigenvalue weighted by Crippen LogP contribution is -2.52. The third-order valence-corrected chi connectivity index (χ3v) is 6.73. The summed E-state index contributed by atoms with van der Waals surface area (Å²) < 4.78 is 0. The number of nitrogens with one attached hydrogen (secondary N) is 1. The molecule has 2 saturated heterocycles. The van der Waals surface area contributed by atoms with E-state index in [1.54, 1.807) is 0 Å².